The maximum atomic E-state index is 4.39. The monoisotopic (exact) mass is 271 g/mol. The van der Waals surface area contributed by atoms with Gasteiger partial charge in [0.05, 0.1) is 6.20 Å². The van der Waals surface area contributed by atoms with Crippen LogP contribution in [0.4, 0.5) is 17.5 Å². The molecule has 5 nitrogen and oxygen atoms in total. The predicted molar refractivity (Wildman–Crippen MR) is 82.2 cm³/mol. The zero-order chi connectivity index (χ0) is 14.4. The first-order valence-electron chi connectivity index (χ1n) is 6.91. The number of anilines is 3. The summed E-state index contributed by atoms with van der Waals surface area (Å²) in [6.45, 7) is 7.34. The minimum absolute atomic E-state index is 0.503. The number of nitrogens with zero attached hydrogens (tertiary/aromatic N) is 3. The number of benzene rings is 1. The Kier molecular flexibility index (Phi) is 4.87. The Morgan fingerprint density at radius 2 is 1.90 bits per heavy atom. The molecule has 2 N–H and O–H groups in total. The van der Waals surface area contributed by atoms with Gasteiger partial charge in [0.15, 0.2) is 5.82 Å². The number of aryl methyl sites for hydroxylation is 1. The molecule has 1 aromatic carbocycles. The molecule has 5 heteroatoms. The molecule has 2 rings (SSSR count). The van der Waals surface area contributed by atoms with Gasteiger partial charge in [-0.2, -0.15) is 10.1 Å². The summed E-state index contributed by atoms with van der Waals surface area (Å²) in [4.78, 5) is 4.39. The van der Waals surface area contributed by atoms with Gasteiger partial charge in [0, 0.05) is 12.2 Å². The van der Waals surface area contributed by atoms with E-state index < -0.39 is 0 Å². The largest absolute Gasteiger partial charge is 0.369 e. The Bertz CT molecular complexity index is 536. The van der Waals surface area contributed by atoms with Crippen molar-refractivity contribution in [3.05, 3.63) is 36.0 Å². The number of hydrogen-bond acceptors (Lipinski definition) is 5. The van der Waals surface area contributed by atoms with E-state index in [0.29, 0.717) is 11.9 Å². The molecule has 0 atom stereocenters. The van der Waals surface area contributed by atoms with Crippen molar-refractivity contribution in [2.45, 2.75) is 27.2 Å². The molecule has 0 aliphatic heterocycles. The van der Waals surface area contributed by atoms with Crippen molar-refractivity contribution in [1.82, 2.24) is 15.2 Å². The summed E-state index contributed by atoms with van der Waals surface area (Å²) in [6.07, 6.45) is 2.74. The van der Waals surface area contributed by atoms with Gasteiger partial charge < -0.3 is 10.6 Å². The predicted octanol–water partition coefficient (Wildman–Crippen LogP) is 3.38. The minimum Gasteiger partial charge on any atom is -0.369 e. The Morgan fingerprint density at radius 1 is 1.15 bits per heavy atom. The molecule has 0 aliphatic rings. The lowest BCUT2D eigenvalue weighted by Gasteiger charge is -2.09. The fraction of sp³-hybridized carbons (Fsp3) is 0.400. The fourth-order valence-electron chi connectivity index (χ4n) is 1.70. The van der Waals surface area contributed by atoms with Crippen molar-refractivity contribution >= 4 is 17.5 Å². The van der Waals surface area contributed by atoms with Gasteiger partial charge in [-0.25, -0.2) is 0 Å². The number of hydrogen-bond donors (Lipinski definition) is 2. The van der Waals surface area contributed by atoms with E-state index in [2.05, 4.69) is 46.6 Å². The van der Waals surface area contributed by atoms with Crippen molar-refractivity contribution in [1.29, 1.82) is 0 Å². The van der Waals surface area contributed by atoms with Crippen LogP contribution in [0.5, 0.6) is 0 Å². The maximum absolute atomic E-state index is 4.39. The molecule has 20 heavy (non-hydrogen) atoms. The third-order valence-electron chi connectivity index (χ3n) is 2.89. The van der Waals surface area contributed by atoms with Crippen LogP contribution in [-0.4, -0.2) is 21.7 Å². The van der Waals surface area contributed by atoms with Crippen molar-refractivity contribution in [2.75, 3.05) is 17.2 Å². The standard InChI is InChI=1S/C15H21N5/c1-11(2)8-9-16-14-10-17-20-15(19-14)18-13-6-4-12(3)5-7-13/h4-7,10-11H,8-9H2,1-3H3,(H2,16,18,19,20). The lowest BCUT2D eigenvalue weighted by atomic mass is 10.1. The van der Waals surface area contributed by atoms with E-state index in [9.17, 15) is 0 Å². The van der Waals surface area contributed by atoms with Gasteiger partial charge in [-0.3, -0.25) is 0 Å². The maximum Gasteiger partial charge on any atom is 0.249 e. The highest BCUT2D eigenvalue weighted by Gasteiger charge is 2.01. The van der Waals surface area contributed by atoms with Crippen LogP contribution in [0, 0.1) is 12.8 Å². The molecule has 0 fully saturated rings. The molecule has 0 unspecified atom stereocenters. The molecule has 0 amide bonds. The van der Waals surface area contributed by atoms with E-state index >= 15 is 0 Å². The summed E-state index contributed by atoms with van der Waals surface area (Å²) >= 11 is 0. The van der Waals surface area contributed by atoms with E-state index in [0.717, 1.165) is 24.5 Å². The molecule has 0 saturated carbocycles. The first-order valence-corrected chi connectivity index (χ1v) is 6.91. The second-order valence-electron chi connectivity index (χ2n) is 5.27. The molecule has 0 bridgehead atoms. The lowest BCUT2D eigenvalue weighted by Crippen LogP contribution is -2.08. The van der Waals surface area contributed by atoms with Gasteiger partial charge in [0.1, 0.15) is 0 Å². The smallest absolute Gasteiger partial charge is 0.249 e. The second kappa shape index (κ2) is 6.84. The van der Waals surface area contributed by atoms with Gasteiger partial charge in [-0.1, -0.05) is 31.5 Å². The van der Waals surface area contributed by atoms with Crippen LogP contribution in [0.15, 0.2) is 30.5 Å². The molecule has 0 aliphatic carbocycles. The average molecular weight is 271 g/mol. The zero-order valence-electron chi connectivity index (χ0n) is 12.2. The topological polar surface area (TPSA) is 62.7 Å². The minimum atomic E-state index is 0.503. The third-order valence-corrected chi connectivity index (χ3v) is 2.89. The Morgan fingerprint density at radius 3 is 2.60 bits per heavy atom. The van der Waals surface area contributed by atoms with E-state index in [1.54, 1.807) is 6.20 Å². The van der Waals surface area contributed by atoms with Crippen LogP contribution in [0.2, 0.25) is 0 Å². The van der Waals surface area contributed by atoms with Crippen molar-refractivity contribution < 1.29 is 0 Å². The van der Waals surface area contributed by atoms with Crippen molar-refractivity contribution in [3.63, 3.8) is 0 Å². The summed E-state index contributed by atoms with van der Waals surface area (Å²) in [6, 6.07) is 8.08. The number of rotatable bonds is 6. The van der Waals surface area contributed by atoms with Crippen molar-refractivity contribution in [2.24, 2.45) is 5.92 Å². The normalized spacial score (nSPS) is 10.6. The van der Waals surface area contributed by atoms with E-state index in [4.69, 9.17) is 0 Å². The summed E-state index contributed by atoms with van der Waals surface area (Å²) in [5.41, 5.74) is 2.18. The third kappa shape index (κ3) is 4.50. The Balaban J connectivity index is 1.96. The van der Waals surface area contributed by atoms with Gasteiger partial charge >= 0.3 is 0 Å². The van der Waals surface area contributed by atoms with Crippen LogP contribution in [0.3, 0.4) is 0 Å². The average Bonchev–Trinajstić information content (AvgIpc) is 2.41. The lowest BCUT2D eigenvalue weighted by molar-refractivity contribution is 0.606. The molecular formula is C15H21N5. The van der Waals surface area contributed by atoms with Crippen LogP contribution >= 0.6 is 0 Å². The quantitative estimate of drug-likeness (QED) is 0.843. The van der Waals surface area contributed by atoms with Gasteiger partial charge in [0.2, 0.25) is 5.95 Å². The summed E-state index contributed by atoms with van der Waals surface area (Å²) in [5.74, 6) is 1.92. The Hall–Kier alpha value is -2.17. The van der Waals surface area contributed by atoms with E-state index in [1.807, 2.05) is 24.3 Å². The SMILES string of the molecule is Cc1ccc(Nc2nncc(NCCC(C)C)n2)cc1. The van der Waals surface area contributed by atoms with E-state index in [-0.39, 0.29) is 0 Å². The van der Waals surface area contributed by atoms with Crippen LogP contribution in [-0.2, 0) is 0 Å². The highest BCUT2D eigenvalue weighted by Crippen LogP contribution is 2.14. The highest BCUT2D eigenvalue weighted by molar-refractivity contribution is 5.54. The molecular weight excluding hydrogens is 250 g/mol. The summed E-state index contributed by atoms with van der Waals surface area (Å²) < 4.78 is 0. The molecule has 1 heterocycles. The molecule has 1 aromatic heterocycles. The van der Waals surface area contributed by atoms with Gasteiger partial charge in [-0.15, -0.1) is 5.10 Å². The number of nitrogens with one attached hydrogen (secondary N) is 2. The summed E-state index contributed by atoms with van der Waals surface area (Å²) in [7, 11) is 0. The van der Waals surface area contributed by atoms with Crippen molar-refractivity contribution in [3.8, 4) is 0 Å². The Labute approximate surface area is 119 Å². The molecule has 0 spiro atoms. The van der Waals surface area contributed by atoms with Crippen LogP contribution in [0.1, 0.15) is 25.8 Å². The number of aromatic nitrogens is 3. The van der Waals surface area contributed by atoms with Crippen LogP contribution < -0.4 is 10.6 Å². The zero-order valence-corrected chi connectivity index (χ0v) is 12.2. The first kappa shape index (κ1) is 14.2. The van der Waals surface area contributed by atoms with Gasteiger partial charge in [0.25, 0.3) is 0 Å². The molecule has 0 radical (unpaired) electrons. The van der Waals surface area contributed by atoms with Gasteiger partial charge in [-0.05, 0) is 31.4 Å². The first-order chi connectivity index (χ1) is 9.63. The second-order valence-corrected chi connectivity index (χ2v) is 5.27. The highest BCUT2D eigenvalue weighted by atomic mass is 15.3. The molecule has 2 aromatic rings. The van der Waals surface area contributed by atoms with Crippen LogP contribution in [0.25, 0.3) is 0 Å². The van der Waals surface area contributed by atoms with E-state index in [1.165, 1.54) is 5.56 Å². The fourth-order valence-corrected chi connectivity index (χ4v) is 1.70. The molecule has 106 valence electrons. The molecule has 0 saturated heterocycles. The summed E-state index contributed by atoms with van der Waals surface area (Å²) in [5, 5.41) is 14.4.